The van der Waals surface area contributed by atoms with Crippen molar-refractivity contribution in [2.24, 2.45) is 0 Å². The normalized spacial score (nSPS) is 10.8. The number of aromatic nitrogens is 2. The fourth-order valence-electron chi connectivity index (χ4n) is 1.91. The van der Waals surface area contributed by atoms with Crippen molar-refractivity contribution in [3.63, 3.8) is 0 Å². The maximum absolute atomic E-state index is 6.19. The zero-order chi connectivity index (χ0) is 13.2. The van der Waals surface area contributed by atoms with E-state index in [9.17, 15) is 0 Å². The second-order valence-electron chi connectivity index (χ2n) is 4.26. The number of aromatic amines is 1. The molecule has 0 atom stereocenters. The van der Waals surface area contributed by atoms with Crippen LogP contribution in [0.3, 0.4) is 0 Å². The number of rotatable bonds is 3. The first-order valence-electron chi connectivity index (χ1n) is 5.83. The average molecular weight is 337 g/mol. The fraction of sp³-hybridized carbons (Fsp3) is 0.0714. The van der Waals surface area contributed by atoms with E-state index in [-0.39, 0.29) is 0 Å². The van der Waals surface area contributed by atoms with Gasteiger partial charge in [0.15, 0.2) is 0 Å². The van der Waals surface area contributed by atoms with Gasteiger partial charge in [-0.2, -0.15) is 5.10 Å². The Morgan fingerprint density at radius 2 is 2.11 bits per heavy atom. The van der Waals surface area contributed by atoms with E-state index in [1.54, 1.807) is 0 Å². The van der Waals surface area contributed by atoms with Crippen LogP contribution in [0.2, 0.25) is 5.02 Å². The topological polar surface area (TPSA) is 40.7 Å². The van der Waals surface area contributed by atoms with Crippen molar-refractivity contribution in [2.45, 2.75) is 6.54 Å². The number of H-pyrrole nitrogens is 1. The average Bonchev–Trinajstić information content (AvgIpc) is 2.85. The third-order valence-corrected chi connectivity index (χ3v) is 3.79. The van der Waals surface area contributed by atoms with Crippen LogP contribution in [0.4, 0.5) is 5.69 Å². The summed E-state index contributed by atoms with van der Waals surface area (Å²) in [5, 5.41) is 12.2. The number of halogens is 2. The molecule has 3 rings (SSSR count). The molecule has 0 aliphatic heterocycles. The summed E-state index contributed by atoms with van der Waals surface area (Å²) in [6, 6.07) is 12.0. The van der Waals surface area contributed by atoms with Crippen LogP contribution in [0.5, 0.6) is 0 Å². The van der Waals surface area contributed by atoms with Gasteiger partial charge in [0.05, 0.1) is 11.7 Å². The van der Waals surface area contributed by atoms with Crippen molar-refractivity contribution in [3.05, 3.63) is 57.7 Å². The molecular weight excluding hydrogens is 326 g/mol. The Kier molecular flexibility index (Phi) is 3.44. The molecule has 0 saturated heterocycles. The van der Waals surface area contributed by atoms with Crippen LogP contribution < -0.4 is 5.32 Å². The molecule has 0 spiro atoms. The van der Waals surface area contributed by atoms with Gasteiger partial charge in [-0.25, -0.2) is 0 Å². The molecule has 0 radical (unpaired) electrons. The smallest absolute Gasteiger partial charge is 0.0670 e. The van der Waals surface area contributed by atoms with E-state index < -0.39 is 0 Å². The Labute approximate surface area is 124 Å². The fourth-order valence-corrected chi connectivity index (χ4v) is 2.65. The van der Waals surface area contributed by atoms with Gasteiger partial charge < -0.3 is 5.32 Å². The highest BCUT2D eigenvalue weighted by Crippen LogP contribution is 2.23. The minimum Gasteiger partial charge on any atom is -0.381 e. The predicted octanol–water partition coefficient (Wildman–Crippen LogP) is 4.59. The Balaban J connectivity index is 1.77. The summed E-state index contributed by atoms with van der Waals surface area (Å²) in [5.41, 5.74) is 3.12. The first kappa shape index (κ1) is 12.5. The van der Waals surface area contributed by atoms with E-state index in [0.29, 0.717) is 6.54 Å². The standard InChI is InChI=1S/C14H11BrClN3/c15-11-3-1-9(13(16)5-11)7-17-12-4-2-10-8-18-19-14(10)6-12/h1-6,8,17H,7H2,(H,18,19). The molecule has 3 nitrogen and oxygen atoms in total. The van der Waals surface area contributed by atoms with Crippen LogP contribution in [-0.2, 0) is 6.54 Å². The summed E-state index contributed by atoms with van der Waals surface area (Å²) in [7, 11) is 0. The molecule has 0 saturated carbocycles. The SMILES string of the molecule is Clc1cc(Br)ccc1CNc1ccc2cn[nH]c2c1. The third kappa shape index (κ3) is 2.74. The molecule has 3 aromatic rings. The molecule has 0 fully saturated rings. The molecule has 1 aromatic heterocycles. The number of fused-ring (bicyclic) bond motifs is 1. The summed E-state index contributed by atoms with van der Waals surface area (Å²) >= 11 is 9.59. The van der Waals surface area contributed by atoms with Crippen molar-refractivity contribution >= 4 is 44.1 Å². The van der Waals surface area contributed by atoms with Gasteiger partial charge in [0.1, 0.15) is 0 Å². The summed E-state index contributed by atoms with van der Waals surface area (Å²) in [6.45, 7) is 0.686. The summed E-state index contributed by atoms with van der Waals surface area (Å²) < 4.78 is 0.986. The molecule has 2 N–H and O–H groups in total. The lowest BCUT2D eigenvalue weighted by molar-refractivity contribution is 1.12. The highest BCUT2D eigenvalue weighted by atomic mass is 79.9. The summed E-state index contributed by atoms with van der Waals surface area (Å²) in [6.07, 6.45) is 1.81. The Hall–Kier alpha value is -1.52. The highest BCUT2D eigenvalue weighted by molar-refractivity contribution is 9.10. The van der Waals surface area contributed by atoms with Crippen LogP contribution in [0.1, 0.15) is 5.56 Å². The first-order chi connectivity index (χ1) is 9.22. The predicted molar refractivity (Wildman–Crippen MR) is 82.6 cm³/mol. The summed E-state index contributed by atoms with van der Waals surface area (Å²) in [4.78, 5) is 0. The van der Waals surface area contributed by atoms with Gasteiger partial charge in [0, 0.05) is 27.1 Å². The van der Waals surface area contributed by atoms with Gasteiger partial charge in [-0.15, -0.1) is 0 Å². The number of nitrogens with one attached hydrogen (secondary N) is 2. The maximum Gasteiger partial charge on any atom is 0.0670 e. The zero-order valence-electron chi connectivity index (χ0n) is 9.95. The molecule has 2 aromatic carbocycles. The minimum absolute atomic E-state index is 0.686. The van der Waals surface area contributed by atoms with Crippen molar-refractivity contribution in [1.29, 1.82) is 0 Å². The lowest BCUT2D eigenvalue weighted by Crippen LogP contribution is -1.99. The van der Waals surface area contributed by atoms with Gasteiger partial charge >= 0.3 is 0 Å². The molecule has 0 aliphatic carbocycles. The quantitative estimate of drug-likeness (QED) is 0.734. The van der Waals surface area contributed by atoms with Crippen LogP contribution in [0.25, 0.3) is 10.9 Å². The summed E-state index contributed by atoms with van der Waals surface area (Å²) in [5.74, 6) is 0. The molecular formula is C14H11BrClN3. The molecule has 0 amide bonds. The van der Waals surface area contributed by atoms with Gasteiger partial charge in [0.2, 0.25) is 0 Å². The van der Waals surface area contributed by atoms with E-state index in [2.05, 4.69) is 31.4 Å². The number of benzene rings is 2. The van der Waals surface area contributed by atoms with Crippen molar-refractivity contribution in [3.8, 4) is 0 Å². The lowest BCUT2D eigenvalue weighted by atomic mass is 10.2. The number of nitrogens with zero attached hydrogens (tertiary/aromatic N) is 1. The van der Waals surface area contributed by atoms with E-state index in [0.717, 1.165) is 31.6 Å². The Morgan fingerprint density at radius 3 is 2.95 bits per heavy atom. The van der Waals surface area contributed by atoms with Crippen molar-refractivity contribution in [1.82, 2.24) is 10.2 Å². The molecule has 5 heteroatoms. The van der Waals surface area contributed by atoms with E-state index >= 15 is 0 Å². The molecule has 19 heavy (non-hydrogen) atoms. The van der Waals surface area contributed by atoms with Crippen LogP contribution >= 0.6 is 27.5 Å². The molecule has 0 aliphatic rings. The van der Waals surface area contributed by atoms with E-state index in [4.69, 9.17) is 11.6 Å². The Morgan fingerprint density at radius 1 is 1.21 bits per heavy atom. The molecule has 0 unspecified atom stereocenters. The monoisotopic (exact) mass is 335 g/mol. The van der Waals surface area contributed by atoms with E-state index in [1.165, 1.54) is 0 Å². The van der Waals surface area contributed by atoms with Crippen LogP contribution in [-0.4, -0.2) is 10.2 Å². The van der Waals surface area contributed by atoms with Crippen LogP contribution in [0, 0.1) is 0 Å². The highest BCUT2D eigenvalue weighted by Gasteiger charge is 2.02. The van der Waals surface area contributed by atoms with Gasteiger partial charge in [0.25, 0.3) is 0 Å². The third-order valence-electron chi connectivity index (χ3n) is 2.94. The minimum atomic E-state index is 0.686. The first-order valence-corrected chi connectivity index (χ1v) is 7.00. The molecule has 1 heterocycles. The van der Waals surface area contributed by atoms with Gasteiger partial charge in [-0.1, -0.05) is 33.6 Å². The van der Waals surface area contributed by atoms with E-state index in [1.807, 2.05) is 42.6 Å². The number of anilines is 1. The van der Waals surface area contributed by atoms with Crippen molar-refractivity contribution < 1.29 is 0 Å². The number of hydrogen-bond donors (Lipinski definition) is 2. The second-order valence-corrected chi connectivity index (χ2v) is 5.58. The van der Waals surface area contributed by atoms with Gasteiger partial charge in [-0.3, -0.25) is 5.10 Å². The lowest BCUT2D eigenvalue weighted by Gasteiger charge is -2.08. The maximum atomic E-state index is 6.19. The molecule has 96 valence electrons. The van der Waals surface area contributed by atoms with Crippen molar-refractivity contribution in [2.75, 3.05) is 5.32 Å². The molecule has 0 bridgehead atoms. The van der Waals surface area contributed by atoms with Crippen LogP contribution in [0.15, 0.2) is 47.1 Å². The zero-order valence-corrected chi connectivity index (χ0v) is 12.3. The number of hydrogen-bond acceptors (Lipinski definition) is 2. The Bertz CT molecular complexity index is 724. The van der Waals surface area contributed by atoms with Gasteiger partial charge in [-0.05, 0) is 35.9 Å². The second kappa shape index (κ2) is 5.23. The largest absolute Gasteiger partial charge is 0.381 e.